The largest absolute Gasteiger partial charge is 0.460 e. The Hall–Kier alpha value is -1.73. The normalized spacial score (nSPS) is 15.6. The van der Waals surface area contributed by atoms with Gasteiger partial charge in [-0.25, -0.2) is 0 Å². The van der Waals surface area contributed by atoms with Crippen LogP contribution < -0.4 is 0 Å². The Balaban J connectivity index is 3.30. The molecule has 0 saturated heterocycles. The van der Waals surface area contributed by atoms with E-state index < -0.39 is 48.3 Å². The molecule has 14 heteroatoms. The van der Waals surface area contributed by atoms with Gasteiger partial charge in [0.05, 0.1) is 6.10 Å². The summed E-state index contributed by atoms with van der Waals surface area (Å²) in [4.78, 5) is 0. The lowest BCUT2D eigenvalue weighted by Crippen LogP contribution is -2.70. The molecule has 0 saturated carbocycles. The van der Waals surface area contributed by atoms with Crippen LogP contribution in [0.4, 0.5) is 57.1 Å². The summed E-state index contributed by atoms with van der Waals surface area (Å²) in [5.74, 6) is -37.0. The molecule has 0 bridgehead atoms. The molecule has 0 fully saturated rings. The summed E-state index contributed by atoms with van der Waals surface area (Å²) in [5.41, 5.74) is 0.414. The van der Waals surface area contributed by atoms with Gasteiger partial charge < -0.3 is 4.74 Å². The summed E-state index contributed by atoms with van der Waals surface area (Å²) in [6.45, 7) is 1.88. The minimum Gasteiger partial charge on any atom is -0.377 e. The highest BCUT2D eigenvalue weighted by atomic mass is 19.4. The van der Waals surface area contributed by atoms with Crippen LogP contribution in [0.3, 0.4) is 0 Å². The van der Waals surface area contributed by atoms with Crippen molar-refractivity contribution in [2.45, 2.75) is 74.5 Å². The number of hydrogen-bond donors (Lipinski definition) is 0. The highest BCUT2D eigenvalue weighted by molar-refractivity contribution is 5.25. The van der Waals surface area contributed by atoms with E-state index in [4.69, 9.17) is 0 Å². The second kappa shape index (κ2) is 9.49. The van der Waals surface area contributed by atoms with E-state index in [9.17, 15) is 57.1 Å². The van der Waals surface area contributed by atoms with Crippen molar-refractivity contribution in [3.8, 4) is 0 Å². The minimum absolute atomic E-state index is 0.274. The second-order valence-corrected chi connectivity index (χ2v) is 7.27. The van der Waals surface area contributed by atoms with Crippen LogP contribution in [0.5, 0.6) is 0 Å². The van der Waals surface area contributed by atoms with Gasteiger partial charge in [0.2, 0.25) is 0 Å². The van der Waals surface area contributed by atoms with E-state index in [2.05, 4.69) is 4.74 Å². The third-order valence-electron chi connectivity index (χ3n) is 4.90. The predicted molar refractivity (Wildman–Crippen MR) is 90.2 cm³/mol. The van der Waals surface area contributed by atoms with Crippen LogP contribution in [0, 0.1) is 0 Å². The molecule has 0 N–H and O–H groups in total. The van der Waals surface area contributed by atoms with Crippen LogP contribution in [-0.4, -0.2) is 42.9 Å². The zero-order chi connectivity index (χ0) is 26.1. The van der Waals surface area contributed by atoms with Crippen molar-refractivity contribution in [3.05, 3.63) is 35.4 Å². The van der Waals surface area contributed by atoms with Gasteiger partial charge in [-0.15, -0.1) is 0 Å². The Morgan fingerprint density at radius 1 is 0.697 bits per heavy atom. The van der Waals surface area contributed by atoms with Crippen molar-refractivity contribution < 1.29 is 61.8 Å². The summed E-state index contributed by atoms with van der Waals surface area (Å²) in [6.07, 6.45) is -9.87. The summed E-state index contributed by atoms with van der Waals surface area (Å²) in [7, 11) is 0.689. The topological polar surface area (TPSA) is 9.23 Å². The van der Waals surface area contributed by atoms with E-state index in [1.807, 2.05) is 6.92 Å². The molecule has 1 rings (SSSR count). The Morgan fingerprint density at radius 3 is 1.55 bits per heavy atom. The van der Waals surface area contributed by atoms with Gasteiger partial charge in [-0.1, -0.05) is 37.6 Å². The summed E-state index contributed by atoms with van der Waals surface area (Å²) < 4.78 is 177. The molecule has 1 aromatic rings. The SMILES string of the molecule is CCCCc1ccc(C(CC(F)(F)C(F)(F)C(F)(F)C(F)(F)C(F)(F)C(F)(F)F)OC)cc1. The molecule has 0 aromatic heterocycles. The minimum atomic E-state index is -7.91. The maximum absolute atomic E-state index is 14.1. The molecule has 0 amide bonds. The molecule has 1 unspecified atom stereocenters. The number of unbranched alkanes of at least 4 members (excludes halogenated alkanes) is 1. The highest BCUT2D eigenvalue weighted by Crippen LogP contribution is 2.61. The first-order chi connectivity index (χ1) is 14.7. The van der Waals surface area contributed by atoms with Crippen LogP contribution >= 0.6 is 0 Å². The molecule has 0 aliphatic rings. The van der Waals surface area contributed by atoms with Crippen molar-refractivity contribution in [2.24, 2.45) is 0 Å². The summed E-state index contributed by atoms with van der Waals surface area (Å²) >= 11 is 0. The molecular formula is C19H19F13O. The first-order valence-electron chi connectivity index (χ1n) is 9.28. The lowest BCUT2D eigenvalue weighted by molar-refractivity contribution is -0.440. The maximum atomic E-state index is 14.1. The van der Waals surface area contributed by atoms with E-state index in [0.29, 0.717) is 19.1 Å². The van der Waals surface area contributed by atoms with Gasteiger partial charge in [-0.05, 0) is 24.0 Å². The van der Waals surface area contributed by atoms with Crippen molar-refractivity contribution in [1.82, 2.24) is 0 Å². The van der Waals surface area contributed by atoms with Gasteiger partial charge in [0.25, 0.3) is 0 Å². The van der Waals surface area contributed by atoms with Gasteiger partial charge in [0, 0.05) is 13.5 Å². The van der Waals surface area contributed by atoms with Crippen molar-refractivity contribution in [3.63, 3.8) is 0 Å². The second-order valence-electron chi connectivity index (χ2n) is 7.27. The molecule has 33 heavy (non-hydrogen) atoms. The smallest absolute Gasteiger partial charge is 0.377 e. The zero-order valence-electron chi connectivity index (χ0n) is 17.0. The first kappa shape index (κ1) is 29.3. The van der Waals surface area contributed by atoms with E-state index in [1.54, 1.807) is 0 Å². The van der Waals surface area contributed by atoms with Crippen molar-refractivity contribution in [2.75, 3.05) is 7.11 Å². The van der Waals surface area contributed by atoms with Gasteiger partial charge in [0.1, 0.15) is 0 Å². The molecule has 1 atom stereocenters. The number of alkyl halides is 13. The summed E-state index contributed by atoms with van der Waals surface area (Å²) in [5, 5.41) is 0. The Morgan fingerprint density at radius 2 is 1.15 bits per heavy atom. The quantitative estimate of drug-likeness (QED) is 0.276. The highest BCUT2D eigenvalue weighted by Gasteiger charge is 2.90. The molecule has 0 spiro atoms. The third-order valence-corrected chi connectivity index (χ3v) is 4.90. The van der Waals surface area contributed by atoms with Crippen LogP contribution in [0.15, 0.2) is 24.3 Å². The Bertz CT molecular complexity index is 769. The monoisotopic (exact) mass is 510 g/mol. The van der Waals surface area contributed by atoms with Crippen LogP contribution in [-0.2, 0) is 11.2 Å². The average Bonchev–Trinajstić information content (AvgIpc) is 2.69. The predicted octanol–water partition coefficient (Wildman–Crippen LogP) is 7.85. The molecular weight excluding hydrogens is 491 g/mol. The molecule has 0 radical (unpaired) electrons. The lowest BCUT2D eigenvalue weighted by atomic mass is 9.90. The zero-order valence-corrected chi connectivity index (χ0v) is 17.0. The van der Waals surface area contributed by atoms with Crippen LogP contribution in [0.1, 0.15) is 43.4 Å². The van der Waals surface area contributed by atoms with Gasteiger partial charge in [-0.3, -0.25) is 0 Å². The van der Waals surface area contributed by atoms with Gasteiger partial charge >= 0.3 is 35.8 Å². The van der Waals surface area contributed by atoms with E-state index >= 15 is 0 Å². The Kier molecular flexibility index (Phi) is 8.43. The molecule has 0 heterocycles. The molecule has 192 valence electrons. The fraction of sp³-hybridized carbons (Fsp3) is 0.684. The number of methoxy groups -OCH3 is 1. The first-order valence-corrected chi connectivity index (χ1v) is 9.28. The number of rotatable bonds is 11. The molecule has 1 nitrogen and oxygen atoms in total. The van der Waals surface area contributed by atoms with Crippen LogP contribution in [0.2, 0.25) is 0 Å². The fourth-order valence-corrected chi connectivity index (χ4v) is 2.78. The molecule has 1 aromatic carbocycles. The lowest BCUT2D eigenvalue weighted by Gasteiger charge is -2.40. The Labute approximate surface area is 179 Å². The fourth-order valence-electron chi connectivity index (χ4n) is 2.78. The number of benzene rings is 1. The summed E-state index contributed by atoms with van der Waals surface area (Å²) in [6, 6.07) is 4.97. The molecule has 0 aliphatic carbocycles. The number of halogens is 13. The molecule has 0 aliphatic heterocycles. The average molecular weight is 510 g/mol. The van der Waals surface area contributed by atoms with Crippen molar-refractivity contribution >= 4 is 0 Å². The van der Waals surface area contributed by atoms with Gasteiger partial charge in [0.15, 0.2) is 0 Å². The van der Waals surface area contributed by atoms with Crippen molar-refractivity contribution in [1.29, 1.82) is 0 Å². The number of ether oxygens (including phenoxy) is 1. The van der Waals surface area contributed by atoms with Gasteiger partial charge in [-0.2, -0.15) is 57.1 Å². The number of hydrogen-bond acceptors (Lipinski definition) is 1. The van der Waals surface area contributed by atoms with E-state index in [1.165, 1.54) is 12.1 Å². The maximum Gasteiger partial charge on any atom is 0.460 e. The number of aryl methyl sites for hydroxylation is 1. The third kappa shape index (κ3) is 5.19. The standard InChI is InChI=1S/C19H19F13O/c1-3-4-5-11-6-8-12(9-7-11)13(33-2)10-14(20,21)15(22,23)16(24,25)17(26,27)18(28,29)19(30,31)32/h6-9,13H,3-5,10H2,1-2H3. The van der Waals surface area contributed by atoms with Crippen LogP contribution in [0.25, 0.3) is 0 Å². The van der Waals surface area contributed by atoms with E-state index in [0.717, 1.165) is 25.0 Å². The van der Waals surface area contributed by atoms with E-state index in [-0.39, 0.29) is 5.56 Å².